The molecule has 0 unspecified atom stereocenters. The second kappa shape index (κ2) is 7.92. The van der Waals surface area contributed by atoms with Gasteiger partial charge in [-0.05, 0) is 25.2 Å². The van der Waals surface area contributed by atoms with Crippen molar-refractivity contribution in [1.82, 2.24) is 19.9 Å². The van der Waals surface area contributed by atoms with E-state index in [0.29, 0.717) is 30.5 Å². The summed E-state index contributed by atoms with van der Waals surface area (Å²) in [6, 6.07) is 0. The van der Waals surface area contributed by atoms with Gasteiger partial charge in [-0.15, -0.1) is 5.10 Å². The van der Waals surface area contributed by atoms with Gasteiger partial charge >= 0.3 is 0 Å². The lowest BCUT2D eigenvalue weighted by Crippen LogP contribution is -2.35. The first-order valence-electron chi connectivity index (χ1n) is 8.51. The van der Waals surface area contributed by atoms with Gasteiger partial charge in [-0.25, -0.2) is 4.98 Å². The maximum Gasteiger partial charge on any atom is 0.288 e. The topological polar surface area (TPSA) is 88.8 Å². The normalized spacial score (nSPS) is 17.8. The first-order chi connectivity index (χ1) is 12.1. The van der Waals surface area contributed by atoms with Crippen LogP contribution in [0.2, 0.25) is 0 Å². The zero-order valence-corrected chi connectivity index (χ0v) is 15.3. The maximum absolute atomic E-state index is 12.6. The van der Waals surface area contributed by atoms with Crippen LogP contribution in [0.15, 0.2) is 11.0 Å². The highest BCUT2D eigenvalue weighted by molar-refractivity contribution is 7.20. The van der Waals surface area contributed by atoms with Gasteiger partial charge in [-0.1, -0.05) is 18.3 Å². The number of rotatable bonds is 6. The molecule has 1 N–H and O–H groups in total. The molecule has 136 valence electrons. The molecule has 1 saturated heterocycles. The lowest BCUT2D eigenvalue weighted by atomic mass is 10.0. The number of aromatic nitrogens is 3. The smallest absolute Gasteiger partial charge is 0.288 e. The number of carbonyl (C=O) groups is 1. The maximum atomic E-state index is 12.6. The van der Waals surface area contributed by atoms with E-state index < -0.39 is 11.5 Å². The van der Waals surface area contributed by atoms with E-state index in [4.69, 9.17) is 4.74 Å². The fourth-order valence-electron chi connectivity index (χ4n) is 2.94. The van der Waals surface area contributed by atoms with E-state index in [9.17, 15) is 9.59 Å². The Morgan fingerprint density at radius 1 is 1.52 bits per heavy atom. The Hall–Kier alpha value is -2.00. The van der Waals surface area contributed by atoms with Crippen molar-refractivity contribution in [3.8, 4) is 0 Å². The average Bonchev–Trinajstić information content (AvgIpc) is 3.04. The molecule has 1 aliphatic heterocycles. The van der Waals surface area contributed by atoms with Gasteiger partial charge in [0.2, 0.25) is 10.1 Å². The highest BCUT2D eigenvalue weighted by Gasteiger charge is 2.22. The highest BCUT2D eigenvalue weighted by Crippen LogP contribution is 2.26. The molecule has 25 heavy (non-hydrogen) atoms. The number of methoxy groups -OCH3 is 1. The summed E-state index contributed by atoms with van der Waals surface area (Å²) in [6.45, 7) is 5.09. The predicted molar refractivity (Wildman–Crippen MR) is 96.6 cm³/mol. The summed E-state index contributed by atoms with van der Waals surface area (Å²) in [6.07, 6.45) is 4.36. The standard InChI is InChI=1S/C16H23N5O3S/c1-11-5-3-7-20(10-11)16-19-21-14(23)12(9-18-15(21)25-16)13(22)17-6-4-8-24-2/h9,11H,3-8,10H2,1-2H3,(H,17,22)/t11-/m0/s1. The fourth-order valence-corrected chi connectivity index (χ4v) is 3.83. The lowest BCUT2D eigenvalue weighted by molar-refractivity contribution is 0.0946. The Morgan fingerprint density at radius 3 is 3.12 bits per heavy atom. The van der Waals surface area contributed by atoms with Gasteiger partial charge in [0.1, 0.15) is 5.56 Å². The largest absolute Gasteiger partial charge is 0.385 e. The zero-order chi connectivity index (χ0) is 17.8. The van der Waals surface area contributed by atoms with Crippen molar-refractivity contribution in [2.24, 2.45) is 5.92 Å². The van der Waals surface area contributed by atoms with Crippen LogP contribution >= 0.6 is 11.3 Å². The van der Waals surface area contributed by atoms with E-state index >= 15 is 0 Å². The van der Waals surface area contributed by atoms with E-state index in [2.05, 4.69) is 27.2 Å². The first kappa shape index (κ1) is 17.8. The van der Waals surface area contributed by atoms with Gasteiger partial charge in [-0.2, -0.15) is 4.52 Å². The summed E-state index contributed by atoms with van der Waals surface area (Å²) in [7, 11) is 1.61. The summed E-state index contributed by atoms with van der Waals surface area (Å²) in [5, 5.41) is 7.90. The number of carbonyl (C=O) groups excluding carboxylic acids is 1. The van der Waals surface area contributed by atoms with Crippen LogP contribution in [0, 0.1) is 5.92 Å². The van der Waals surface area contributed by atoms with Crippen molar-refractivity contribution in [3.63, 3.8) is 0 Å². The summed E-state index contributed by atoms with van der Waals surface area (Å²) in [4.78, 5) is 31.7. The minimum absolute atomic E-state index is 0.0128. The van der Waals surface area contributed by atoms with Crippen molar-refractivity contribution in [2.75, 3.05) is 38.3 Å². The van der Waals surface area contributed by atoms with E-state index in [0.717, 1.165) is 24.6 Å². The Bertz CT molecular complexity index is 803. The van der Waals surface area contributed by atoms with Gasteiger partial charge in [0.25, 0.3) is 11.5 Å². The molecule has 3 heterocycles. The van der Waals surface area contributed by atoms with Crippen molar-refractivity contribution < 1.29 is 9.53 Å². The molecule has 1 atom stereocenters. The Kier molecular flexibility index (Phi) is 5.64. The molecule has 0 aromatic carbocycles. The zero-order valence-electron chi connectivity index (χ0n) is 14.5. The van der Waals surface area contributed by atoms with Crippen LogP contribution in [0.3, 0.4) is 0 Å². The number of nitrogens with one attached hydrogen (secondary N) is 1. The summed E-state index contributed by atoms with van der Waals surface area (Å²) < 4.78 is 6.18. The van der Waals surface area contributed by atoms with Gasteiger partial charge in [0.15, 0.2) is 0 Å². The minimum Gasteiger partial charge on any atom is -0.385 e. The lowest BCUT2D eigenvalue weighted by Gasteiger charge is -2.30. The number of nitrogens with zero attached hydrogens (tertiary/aromatic N) is 4. The van der Waals surface area contributed by atoms with Crippen LogP contribution in [0.25, 0.3) is 4.96 Å². The third-order valence-corrected chi connectivity index (χ3v) is 5.24. The van der Waals surface area contributed by atoms with Crippen molar-refractivity contribution in [3.05, 3.63) is 22.1 Å². The molecule has 3 rings (SSSR count). The highest BCUT2D eigenvalue weighted by atomic mass is 32.1. The number of fused-ring (bicyclic) bond motifs is 1. The van der Waals surface area contributed by atoms with Crippen LogP contribution in [0.5, 0.6) is 0 Å². The number of ether oxygens (including phenoxy) is 1. The molecule has 0 spiro atoms. The second-order valence-electron chi connectivity index (χ2n) is 6.35. The van der Waals surface area contributed by atoms with Crippen LogP contribution in [-0.2, 0) is 4.74 Å². The SMILES string of the molecule is COCCCNC(=O)c1cnc2sc(N3CCC[C@H](C)C3)nn2c1=O. The van der Waals surface area contributed by atoms with Gasteiger partial charge in [0.05, 0.1) is 0 Å². The molecule has 2 aromatic rings. The van der Waals surface area contributed by atoms with Crippen LogP contribution < -0.4 is 15.8 Å². The fraction of sp³-hybridized carbons (Fsp3) is 0.625. The van der Waals surface area contributed by atoms with Crippen LogP contribution in [0.1, 0.15) is 36.5 Å². The van der Waals surface area contributed by atoms with E-state index in [1.807, 2.05) is 0 Å². The average molecular weight is 365 g/mol. The molecule has 2 aromatic heterocycles. The van der Waals surface area contributed by atoms with Crippen LogP contribution in [-0.4, -0.2) is 53.9 Å². The Labute approximate surface area is 149 Å². The van der Waals surface area contributed by atoms with Gasteiger partial charge in [-0.3, -0.25) is 9.59 Å². The number of hydrogen-bond acceptors (Lipinski definition) is 7. The second-order valence-corrected chi connectivity index (χ2v) is 7.29. The Morgan fingerprint density at radius 2 is 2.36 bits per heavy atom. The number of amides is 1. The van der Waals surface area contributed by atoms with Crippen molar-refractivity contribution in [1.29, 1.82) is 0 Å². The number of piperidine rings is 1. The molecular weight excluding hydrogens is 342 g/mol. The molecule has 1 aliphatic rings. The quantitative estimate of drug-likeness (QED) is 0.773. The summed E-state index contributed by atoms with van der Waals surface area (Å²) >= 11 is 1.38. The molecular formula is C16H23N5O3S. The van der Waals surface area contributed by atoms with E-state index in [1.54, 1.807) is 7.11 Å². The Balaban J connectivity index is 1.80. The van der Waals surface area contributed by atoms with Gasteiger partial charge in [0, 0.05) is 39.5 Å². The van der Waals surface area contributed by atoms with Crippen molar-refractivity contribution >= 4 is 27.3 Å². The molecule has 0 bridgehead atoms. The summed E-state index contributed by atoms with van der Waals surface area (Å²) in [5.74, 6) is 0.183. The van der Waals surface area contributed by atoms with Crippen LogP contribution in [0.4, 0.5) is 5.13 Å². The van der Waals surface area contributed by atoms with E-state index in [-0.39, 0.29) is 5.56 Å². The molecule has 1 fully saturated rings. The van der Waals surface area contributed by atoms with Crippen molar-refractivity contribution in [2.45, 2.75) is 26.2 Å². The predicted octanol–water partition coefficient (Wildman–Crippen LogP) is 1.15. The van der Waals surface area contributed by atoms with Gasteiger partial charge < -0.3 is 15.0 Å². The molecule has 8 nitrogen and oxygen atoms in total. The third kappa shape index (κ3) is 3.98. The third-order valence-electron chi connectivity index (χ3n) is 4.26. The molecule has 0 radical (unpaired) electrons. The number of anilines is 1. The van der Waals surface area contributed by atoms with E-state index in [1.165, 1.54) is 28.5 Å². The summed E-state index contributed by atoms with van der Waals surface area (Å²) in [5.41, 5.74) is -0.416. The molecule has 0 saturated carbocycles. The molecule has 0 aliphatic carbocycles. The minimum atomic E-state index is -0.429. The monoisotopic (exact) mass is 365 g/mol. The number of hydrogen-bond donors (Lipinski definition) is 1. The molecule has 1 amide bonds. The molecule has 9 heteroatoms. The first-order valence-corrected chi connectivity index (χ1v) is 9.32.